The molecule has 2 nitrogen and oxygen atoms in total. The Labute approximate surface area is 176 Å². The van der Waals surface area contributed by atoms with Crippen LogP contribution in [0.5, 0.6) is 0 Å². The molecule has 1 heterocycles. The molecule has 0 aliphatic heterocycles. The second-order valence-electron chi connectivity index (χ2n) is 7.20. The normalized spacial score (nSPS) is 11.6. The van der Waals surface area contributed by atoms with Crippen molar-refractivity contribution in [2.45, 2.75) is 0 Å². The van der Waals surface area contributed by atoms with Gasteiger partial charge < -0.3 is 0 Å². The maximum absolute atomic E-state index is 4.94. The average Bonchev–Trinajstić information content (AvgIpc) is 2.79. The van der Waals surface area contributed by atoms with Crippen molar-refractivity contribution in [3.05, 3.63) is 95.5 Å². The fraction of sp³-hybridized carbons (Fsp3) is 0. The van der Waals surface area contributed by atoms with Crippen molar-refractivity contribution >= 4 is 48.5 Å². The minimum Gasteiger partial charge on any atom is -0.228 e. The van der Waals surface area contributed by atoms with E-state index in [4.69, 9.17) is 9.97 Å². The number of nitrogens with zero attached hydrogens (tertiary/aromatic N) is 2. The van der Waals surface area contributed by atoms with Crippen molar-refractivity contribution in [2.75, 3.05) is 0 Å². The Morgan fingerprint density at radius 3 is 2.07 bits per heavy atom. The predicted octanol–water partition coefficient (Wildman–Crippen LogP) is 7.47. The van der Waals surface area contributed by atoms with E-state index in [0.717, 1.165) is 32.3 Å². The van der Waals surface area contributed by atoms with E-state index in [-0.39, 0.29) is 0 Å². The van der Waals surface area contributed by atoms with E-state index in [1.807, 2.05) is 36.4 Å². The summed E-state index contributed by atoms with van der Waals surface area (Å²) in [6.07, 6.45) is 0. The fourth-order valence-electron chi connectivity index (χ4n) is 4.17. The maximum Gasteiger partial charge on any atom is 0.160 e. The summed E-state index contributed by atoms with van der Waals surface area (Å²) in [7, 11) is 0. The Balaban J connectivity index is 1.75. The number of aromatic nitrogens is 2. The molecule has 6 rings (SSSR count). The Hall–Kier alpha value is -3.30. The van der Waals surface area contributed by atoms with Gasteiger partial charge in [-0.15, -0.1) is 0 Å². The van der Waals surface area contributed by atoms with Crippen molar-refractivity contribution in [1.29, 1.82) is 0 Å². The molecule has 0 saturated carbocycles. The highest BCUT2D eigenvalue weighted by Crippen LogP contribution is 2.41. The highest BCUT2D eigenvalue weighted by molar-refractivity contribution is 9.10. The smallest absolute Gasteiger partial charge is 0.160 e. The Morgan fingerprint density at radius 2 is 1.31 bits per heavy atom. The van der Waals surface area contributed by atoms with Gasteiger partial charge in [0.1, 0.15) is 0 Å². The third kappa shape index (κ3) is 2.55. The number of benzene rings is 5. The van der Waals surface area contributed by atoms with Crippen molar-refractivity contribution < 1.29 is 0 Å². The minimum atomic E-state index is 0.750. The molecule has 0 N–H and O–H groups in total. The molecule has 0 fully saturated rings. The molecule has 6 aromatic rings. The molecule has 0 unspecified atom stereocenters. The van der Waals surface area contributed by atoms with Gasteiger partial charge in [0.25, 0.3) is 0 Å². The van der Waals surface area contributed by atoms with Crippen LogP contribution >= 0.6 is 15.9 Å². The van der Waals surface area contributed by atoms with Crippen molar-refractivity contribution in [2.24, 2.45) is 0 Å². The first-order valence-corrected chi connectivity index (χ1v) is 10.3. The summed E-state index contributed by atoms with van der Waals surface area (Å²) < 4.78 is 0.991. The van der Waals surface area contributed by atoms with Gasteiger partial charge in [0.15, 0.2) is 5.82 Å². The van der Waals surface area contributed by atoms with Crippen LogP contribution in [0.2, 0.25) is 0 Å². The van der Waals surface area contributed by atoms with E-state index >= 15 is 0 Å². The number of halogens is 1. The average molecular weight is 435 g/mol. The molecule has 3 heteroatoms. The van der Waals surface area contributed by atoms with Crippen LogP contribution in [-0.4, -0.2) is 9.97 Å². The summed E-state index contributed by atoms with van der Waals surface area (Å²) in [6, 6.07) is 31.5. The maximum atomic E-state index is 4.94. The van der Waals surface area contributed by atoms with Gasteiger partial charge in [0.2, 0.25) is 0 Å². The number of rotatable bonds is 2. The lowest BCUT2D eigenvalue weighted by Gasteiger charge is -2.15. The topological polar surface area (TPSA) is 25.8 Å². The van der Waals surface area contributed by atoms with Gasteiger partial charge in [0, 0.05) is 20.8 Å². The van der Waals surface area contributed by atoms with E-state index in [9.17, 15) is 0 Å². The fourth-order valence-corrected chi connectivity index (χ4v) is 4.69. The molecule has 0 bridgehead atoms. The Kier molecular flexibility index (Phi) is 3.65. The third-order valence-electron chi connectivity index (χ3n) is 5.50. The van der Waals surface area contributed by atoms with E-state index in [2.05, 4.69) is 70.5 Å². The Morgan fingerprint density at radius 1 is 0.621 bits per heavy atom. The van der Waals surface area contributed by atoms with Gasteiger partial charge in [0.05, 0.1) is 11.0 Å². The summed E-state index contributed by atoms with van der Waals surface area (Å²) in [6.45, 7) is 0. The van der Waals surface area contributed by atoms with E-state index in [0.29, 0.717) is 0 Å². The lowest BCUT2D eigenvalue weighted by molar-refractivity contribution is 1.26. The molecule has 5 aromatic carbocycles. The lowest BCUT2D eigenvalue weighted by atomic mass is 9.92. The summed E-state index contributed by atoms with van der Waals surface area (Å²) in [5.74, 6) is 0.750. The molecule has 1 aromatic heterocycles. The molecule has 0 saturated heterocycles. The third-order valence-corrected chi connectivity index (χ3v) is 6.10. The van der Waals surface area contributed by atoms with E-state index < -0.39 is 0 Å². The first-order valence-electron chi connectivity index (χ1n) is 9.55. The molecule has 29 heavy (non-hydrogen) atoms. The SMILES string of the molecule is Brc1cc2c(-c3ccccc3)ccc3ccc4nc(-c5ccccc5)nc1c4c32. The number of hydrogen-bond acceptors (Lipinski definition) is 2. The summed E-state index contributed by atoms with van der Waals surface area (Å²) in [4.78, 5) is 9.85. The highest BCUT2D eigenvalue weighted by Gasteiger charge is 2.17. The van der Waals surface area contributed by atoms with Crippen molar-refractivity contribution in [1.82, 2.24) is 9.97 Å². The quantitative estimate of drug-likeness (QED) is 0.264. The van der Waals surface area contributed by atoms with Crippen LogP contribution in [0.3, 0.4) is 0 Å². The van der Waals surface area contributed by atoms with Crippen LogP contribution in [-0.2, 0) is 0 Å². The van der Waals surface area contributed by atoms with Gasteiger partial charge in [-0.3, -0.25) is 0 Å². The molecule has 0 spiro atoms. The van der Waals surface area contributed by atoms with E-state index in [1.165, 1.54) is 27.3 Å². The molecule has 0 atom stereocenters. The zero-order chi connectivity index (χ0) is 19.4. The highest BCUT2D eigenvalue weighted by atomic mass is 79.9. The number of hydrogen-bond donors (Lipinski definition) is 0. The minimum absolute atomic E-state index is 0.750. The zero-order valence-corrected chi connectivity index (χ0v) is 17.0. The van der Waals surface area contributed by atoms with Gasteiger partial charge in [-0.2, -0.15) is 0 Å². The van der Waals surface area contributed by atoms with Crippen LogP contribution in [0, 0.1) is 0 Å². The van der Waals surface area contributed by atoms with Crippen LogP contribution in [0.15, 0.2) is 95.5 Å². The summed E-state index contributed by atoms with van der Waals surface area (Å²) in [5.41, 5.74) is 5.38. The van der Waals surface area contributed by atoms with Gasteiger partial charge in [-0.1, -0.05) is 78.9 Å². The molecule has 0 aliphatic rings. The summed E-state index contributed by atoms with van der Waals surface area (Å²) in [5, 5.41) is 4.77. The van der Waals surface area contributed by atoms with Crippen molar-refractivity contribution in [3.8, 4) is 22.5 Å². The van der Waals surface area contributed by atoms with E-state index in [1.54, 1.807) is 0 Å². The van der Waals surface area contributed by atoms with Crippen LogP contribution in [0.1, 0.15) is 0 Å². The lowest BCUT2D eigenvalue weighted by Crippen LogP contribution is -1.95. The Bertz CT molecular complexity index is 1490. The van der Waals surface area contributed by atoms with Gasteiger partial charge >= 0.3 is 0 Å². The predicted molar refractivity (Wildman–Crippen MR) is 124 cm³/mol. The standard InChI is InChI=1S/C26H15BrN2/c27-21-15-20-19(16-7-3-1-4-8-16)13-11-17-12-14-22-24(23(17)20)25(21)29-26(28-22)18-9-5-2-6-10-18/h1-15H. The van der Waals surface area contributed by atoms with Crippen LogP contribution in [0.25, 0.3) is 55.1 Å². The van der Waals surface area contributed by atoms with Crippen molar-refractivity contribution in [3.63, 3.8) is 0 Å². The molecule has 0 aliphatic carbocycles. The van der Waals surface area contributed by atoms with Crippen LogP contribution < -0.4 is 0 Å². The van der Waals surface area contributed by atoms with Gasteiger partial charge in [-0.05, 0) is 50.0 Å². The molecule has 0 radical (unpaired) electrons. The second-order valence-corrected chi connectivity index (χ2v) is 8.06. The molecular weight excluding hydrogens is 420 g/mol. The molecule has 0 amide bonds. The molecule has 136 valence electrons. The summed E-state index contributed by atoms with van der Waals surface area (Å²) >= 11 is 3.80. The monoisotopic (exact) mass is 434 g/mol. The zero-order valence-electron chi connectivity index (χ0n) is 15.4. The van der Waals surface area contributed by atoms with Gasteiger partial charge in [-0.25, -0.2) is 9.97 Å². The molecular formula is C26H15BrN2. The second kappa shape index (κ2) is 6.36. The first-order chi connectivity index (χ1) is 14.3. The first kappa shape index (κ1) is 16.6. The van der Waals surface area contributed by atoms with Crippen LogP contribution in [0.4, 0.5) is 0 Å². The largest absolute Gasteiger partial charge is 0.228 e.